The van der Waals surface area contributed by atoms with E-state index < -0.39 is 38.4 Å². The predicted octanol–water partition coefficient (Wildman–Crippen LogP) is 4.78. The fourth-order valence-corrected chi connectivity index (χ4v) is 5.24. The number of carboxylic acid groups (broad SMARTS) is 1. The van der Waals surface area contributed by atoms with Crippen LogP contribution in [0.3, 0.4) is 0 Å². The topological polar surface area (TPSA) is 177 Å². The highest BCUT2D eigenvalue weighted by molar-refractivity contribution is 5.83. The number of ether oxygens (including phenoxy) is 2. The number of nitrogens with zero attached hydrogens (tertiary/aromatic N) is 2. The van der Waals surface area contributed by atoms with E-state index in [1.54, 1.807) is 12.1 Å². The van der Waals surface area contributed by atoms with Crippen molar-refractivity contribution in [2.75, 3.05) is 26.4 Å². The van der Waals surface area contributed by atoms with Gasteiger partial charge in [-0.1, -0.05) is 66.7 Å². The van der Waals surface area contributed by atoms with Crippen molar-refractivity contribution in [3.63, 3.8) is 0 Å². The second-order valence-corrected chi connectivity index (χ2v) is 11.5. The van der Waals surface area contributed by atoms with E-state index >= 15 is 0 Å². The maximum Gasteiger partial charge on any atom is 0.307 e. The van der Waals surface area contributed by atoms with E-state index in [4.69, 9.17) is 33.6 Å². The molecule has 2 aromatic carbocycles. The summed E-state index contributed by atoms with van der Waals surface area (Å²) in [5.74, 6) is -0.0737. The zero-order valence-electron chi connectivity index (χ0n) is 32.9. The molecular formula is C38H46N4O7. The van der Waals surface area contributed by atoms with Crippen molar-refractivity contribution in [3.05, 3.63) is 120 Å². The number of aliphatic hydroxyl groups is 2. The summed E-state index contributed by atoms with van der Waals surface area (Å²) in [5, 5.41) is 30.0. The second kappa shape index (κ2) is 18.6. The molecule has 6 rings (SSSR count). The van der Waals surface area contributed by atoms with Crippen molar-refractivity contribution in [2.24, 2.45) is 17.6 Å². The monoisotopic (exact) mass is 676 g/mol. The van der Waals surface area contributed by atoms with Crippen LogP contribution in [0.5, 0.6) is 11.8 Å². The molecule has 2 saturated carbocycles. The maximum absolute atomic E-state index is 12.5. The van der Waals surface area contributed by atoms with E-state index in [0.717, 1.165) is 24.0 Å². The third kappa shape index (κ3) is 11.1. The van der Waals surface area contributed by atoms with Crippen LogP contribution in [0.1, 0.15) is 80.9 Å². The Morgan fingerprint density at radius 2 is 1.31 bits per heavy atom. The molecule has 0 saturated heterocycles. The minimum absolute atomic E-state index is 0.0868. The molecule has 11 heteroatoms. The minimum Gasteiger partial charge on any atom is -0.481 e. The van der Waals surface area contributed by atoms with Crippen LogP contribution < -0.4 is 20.5 Å². The maximum atomic E-state index is 12.5. The summed E-state index contributed by atoms with van der Waals surface area (Å²) in [4.78, 5) is 31.0. The van der Waals surface area contributed by atoms with Gasteiger partial charge in [-0.2, -0.15) is 0 Å². The van der Waals surface area contributed by atoms with Crippen molar-refractivity contribution in [1.82, 2.24) is 15.3 Å². The Bertz CT molecular complexity index is 1780. The van der Waals surface area contributed by atoms with Gasteiger partial charge in [-0.3, -0.25) is 9.59 Å². The highest BCUT2D eigenvalue weighted by Crippen LogP contribution is 2.48. The van der Waals surface area contributed by atoms with E-state index in [0.29, 0.717) is 11.1 Å². The number of amides is 1. The summed E-state index contributed by atoms with van der Waals surface area (Å²) >= 11 is 0. The summed E-state index contributed by atoms with van der Waals surface area (Å²) in [6, 6.07) is 25.0. The van der Waals surface area contributed by atoms with E-state index in [9.17, 15) is 14.7 Å². The summed E-state index contributed by atoms with van der Waals surface area (Å²) in [6.07, 6.45) is 4.53. The number of pyridine rings is 2. The summed E-state index contributed by atoms with van der Waals surface area (Å²) in [7, 11) is 0. The molecule has 0 bridgehead atoms. The number of nitrogens with one attached hydrogen (secondary N) is 1. The molecule has 2 aliphatic rings. The Labute approximate surface area is 295 Å². The molecular weight excluding hydrogens is 624 g/mol. The van der Waals surface area contributed by atoms with Gasteiger partial charge in [-0.15, -0.1) is 0 Å². The largest absolute Gasteiger partial charge is 0.481 e. The molecule has 6 atom stereocenters. The molecule has 0 unspecified atom stereocenters. The number of carboxylic acids is 1. The molecule has 1 amide bonds. The summed E-state index contributed by atoms with van der Waals surface area (Å²) in [5.41, 5.74) is 9.17. The van der Waals surface area contributed by atoms with Crippen molar-refractivity contribution >= 4 is 11.9 Å². The molecule has 260 valence electrons. The number of benzene rings is 2. The standard InChI is InChI=1S/C19H22N2O3.C10H10O2.C9H14N2O2/c1-2-24-18-9-8-14(11-20-18)17(12-22)21-19(23)16-10-15(16)13-6-4-3-5-7-13;11-10(12)9-6-8(9)7-4-2-1-3-5-7;1-2-13-9-4-3-7(5-11-9)8(10)6-12/h3-9,11,15-17,22H,2,10,12H2,1H3,(H,21,23);1-5,8-9H,6H2,(H,11,12);3-5,8,12H,2,6,10H2,1H3/t15-,16+,17+;8-,9+;8-/m110/s1/i1D3;;1D3. The third-order valence-electron chi connectivity index (χ3n) is 8.18. The van der Waals surface area contributed by atoms with Crippen molar-refractivity contribution in [1.29, 1.82) is 0 Å². The summed E-state index contributed by atoms with van der Waals surface area (Å²) < 4.78 is 52.3. The van der Waals surface area contributed by atoms with Gasteiger partial charge in [0.15, 0.2) is 0 Å². The Kier molecular flexibility index (Phi) is 11.1. The van der Waals surface area contributed by atoms with Gasteiger partial charge in [0.05, 0.1) is 44.4 Å². The number of carbonyl (C=O) groups is 2. The van der Waals surface area contributed by atoms with Crippen LogP contribution >= 0.6 is 0 Å². The molecule has 6 N–H and O–H groups in total. The molecule has 0 aliphatic heterocycles. The Morgan fingerprint density at radius 1 is 0.796 bits per heavy atom. The fourth-order valence-electron chi connectivity index (χ4n) is 5.24. The zero-order valence-corrected chi connectivity index (χ0v) is 26.9. The number of aliphatic hydroxyl groups excluding tert-OH is 2. The average Bonchev–Trinajstić information content (AvgIpc) is 4.11. The fraction of sp³-hybridized carbons (Fsp3) is 0.368. The first kappa shape index (κ1) is 29.1. The first-order chi connectivity index (χ1) is 26.1. The lowest BCUT2D eigenvalue weighted by Gasteiger charge is -2.17. The molecule has 2 aromatic heterocycles. The Hall–Kier alpha value is -4.84. The Morgan fingerprint density at radius 3 is 1.73 bits per heavy atom. The highest BCUT2D eigenvalue weighted by atomic mass is 16.5. The molecule has 2 aliphatic carbocycles. The second-order valence-electron chi connectivity index (χ2n) is 11.5. The highest BCUT2D eigenvalue weighted by Gasteiger charge is 2.44. The van der Waals surface area contributed by atoms with Crippen LogP contribution in [0.15, 0.2) is 97.3 Å². The number of hydrogen-bond acceptors (Lipinski definition) is 9. The number of carbonyl (C=O) groups excluding carboxylic acids is 1. The lowest BCUT2D eigenvalue weighted by molar-refractivity contribution is -0.138. The number of nitrogens with two attached hydrogens (primary N) is 1. The number of aliphatic carboxylic acids is 1. The normalized spacial score (nSPS) is 22.1. The molecule has 0 spiro atoms. The minimum atomic E-state index is -2.19. The predicted molar refractivity (Wildman–Crippen MR) is 185 cm³/mol. The number of aromatic nitrogens is 2. The van der Waals surface area contributed by atoms with Crippen LogP contribution in [-0.2, 0) is 9.59 Å². The summed E-state index contributed by atoms with van der Waals surface area (Å²) in [6.45, 7) is -5.57. The van der Waals surface area contributed by atoms with Crippen molar-refractivity contribution in [2.45, 2.75) is 50.5 Å². The van der Waals surface area contributed by atoms with Gasteiger partial charge in [-0.05, 0) is 66.7 Å². The molecule has 2 heterocycles. The average molecular weight is 677 g/mol. The quantitative estimate of drug-likeness (QED) is 0.132. The van der Waals surface area contributed by atoms with Crippen molar-refractivity contribution < 1.29 is 42.6 Å². The van der Waals surface area contributed by atoms with E-state index in [1.165, 1.54) is 24.5 Å². The molecule has 49 heavy (non-hydrogen) atoms. The van der Waals surface area contributed by atoms with E-state index in [2.05, 4.69) is 15.3 Å². The van der Waals surface area contributed by atoms with Crippen LogP contribution in [0, 0.1) is 11.8 Å². The molecule has 11 nitrogen and oxygen atoms in total. The number of hydrogen-bond donors (Lipinski definition) is 5. The lowest BCUT2D eigenvalue weighted by Crippen LogP contribution is -2.32. The molecule has 0 radical (unpaired) electrons. The van der Waals surface area contributed by atoms with Crippen LogP contribution in [0.25, 0.3) is 0 Å². The van der Waals surface area contributed by atoms with E-state index in [-0.39, 0.29) is 61.2 Å². The SMILES string of the molecule is O=C(O)[C@H]1C[C@@H]1c1ccccc1.[2H]C([2H])([2H])COc1ccc([C@@H](N)CO)cn1.[2H]C([2H])([2H])COc1ccc([C@H](CO)NC(=O)[C@H]2C[C@@H]2c2ccccc2)cn1. The molecule has 4 aromatic rings. The third-order valence-corrected chi connectivity index (χ3v) is 8.18. The lowest BCUT2D eigenvalue weighted by atomic mass is 10.1. The molecule has 2 fully saturated rings. The zero-order chi connectivity index (χ0) is 40.2. The first-order valence-corrected chi connectivity index (χ1v) is 15.9. The van der Waals surface area contributed by atoms with Crippen molar-refractivity contribution in [3.8, 4) is 11.8 Å². The smallest absolute Gasteiger partial charge is 0.307 e. The van der Waals surface area contributed by atoms with Gasteiger partial charge in [0.2, 0.25) is 17.7 Å². The van der Waals surface area contributed by atoms with Crippen LogP contribution in [-0.4, -0.2) is 63.6 Å². The van der Waals surface area contributed by atoms with Gasteiger partial charge in [0.25, 0.3) is 0 Å². The van der Waals surface area contributed by atoms with Gasteiger partial charge in [0.1, 0.15) is 0 Å². The van der Waals surface area contributed by atoms with Gasteiger partial charge in [-0.25, -0.2) is 9.97 Å². The van der Waals surface area contributed by atoms with Gasteiger partial charge in [0, 0.05) is 38.7 Å². The van der Waals surface area contributed by atoms with Crippen LogP contribution in [0.2, 0.25) is 0 Å². The van der Waals surface area contributed by atoms with Crippen LogP contribution in [0.4, 0.5) is 0 Å². The van der Waals surface area contributed by atoms with E-state index in [1.807, 2.05) is 60.7 Å². The van der Waals surface area contributed by atoms with Gasteiger partial charge < -0.3 is 35.8 Å². The van der Waals surface area contributed by atoms with Gasteiger partial charge >= 0.3 is 5.97 Å². The number of rotatable bonds is 13. The first-order valence-electron chi connectivity index (χ1n) is 18.9. The Balaban J connectivity index is 0.000000203.